The van der Waals surface area contributed by atoms with E-state index >= 15 is 0 Å². The topological polar surface area (TPSA) is 68.5 Å². The van der Waals surface area contributed by atoms with Crippen molar-refractivity contribution in [3.8, 4) is 5.75 Å². The van der Waals surface area contributed by atoms with E-state index in [1.807, 2.05) is 6.92 Å². The Bertz CT molecular complexity index is 622. The summed E-state index contributed by atoms with van der Waals surface area (Å²) in [7, 11) is 3.30. The lowest BCUT2D eigenvalue weighted by molar-refractivity contribution is 0.0772. The highest BCUT2D eigenvalue weighted by molar-refractivity contribution is 5.94. The van der Waals surface area contributed by atoms with E-state index in [4.69, 9.17) is 9.15 Å². The standard InChI is InChI=1S/C14H17N3O3/c1-9-7-11(5-6-12(9)19-4)14(18)17(3)8-13-16-15-10(2)20-13/h5-7H,8H2,1-4H3. The van der Waals surface area contributed by atoms with Crippen LogP contribution in [0.5, 0.6) is 5.75 Å². The maximum absolute atomic E-state index is 12.3. The zero-order valence-corrected chi connectivity index (χ0v) is 12.0. The van der Waals surface area contributed by atoms with Gasteiger partial charge in [0.25, 0.3) is 5.91 Å². The number of nitrogens with zero attached hydrogens (tertiary/aromatic N) is 3. The molecule has 0 unspecified atom stereocenters. The number of amides is 1. The average Bonchev–Trinajstić information content (AvgIpc) is 2.83. The van der Waals surface area contributed by atoms with Crippen molar-refractivity contribution in [2.24, 2.45) is 0 Å². The molecule has 0 N–H and O–H groups in total. The van der Waals surface area contributed by atoms with Crippen LogP contribution in [0.3, 0.4) is 0 Å². The highest BCUT2D eigenvalue weighted by atomic mass is 16.5. The Hall–Kier alpha value is -2.37. The van der Waals surface area contributed by atoms with Crippen LogP contribution >= 0.6 is 0 Å². The molecule has 1 heterocycles. The van der Waals surface area contributed by atoms with Gasteiger partial charge in [-0.3, -0.25) is 4.79 Å². The Kier molecular flexibility index (Phi) is 4.02. The van der Waals surface area contributed by atoms with Gasteiger partial charge in [-0.15, -0.1) is 10.2 Å². The van der Waals surface area contributed by atoms with Gasteiger partial charge in [-0.1, -0.05) is 0 Å². The number of hydrogen-bond acceptors (Lipinski definition) is 5. The Balaban J connectivity index is 2.12. The number of aryl methyl sites for hydroxylation is 2. The fourth-order valence-electron chi connectivity index (χ4n) is 1.91. The van der Waals surface area contributed by atoms with E-state index in [0.717, 1.165) is 11.3 Å². The molecule has 0 spiro atoms. The second kappa shape index (κ2) is 5.73. The third-order valence-electron chi connectivity index (χ3n) is 2.93. The Labute approximate surface area is 117 Å². The average molecular weight is 275 g/mol. The van der Waals surface area contributed by atoms with Crippen molar-refractivity contribution in [2.45, 2.75) is 20.4 Å². The summed E-state index contributed by atoms with van der Waals surface area (Å²) >= 11 is 0. The third kappa shape index (κ3) is 2.96. The zero-order valence-electron chi connectivity index (χ0n) is 12.0. The number of hydrogen-bond donors (Lipinski definition) is 0. The highest BCUT2D eigenvalue weighted by Crippen LogP contribution is 2.19. The predicted molar refractivity (Wildman–Crippen MR) is 72.6 cm³/mol. The molecule has 106 valence electrons. The molecule has 0 fully saturated rings. The van der Waals surface area contributed by atoms with Gasteiger partial charge in [-0.25, -0.2) is 0 Å². The molecule has 0 saturated heterocycles. The maximum Gasteiger partial charge on any atom is 0.254 e. The first-order valence-electron chi connectivity index (χ1n) is 6.20. The van der Waals surface area contributed by atoms with Crippen LogP contribution in [0.25, 0.3) is 0 Å². The molecule has 0 aliphatic heterocycles. The second-order valence-electron chi connectivity index (χ2n) is 4.56. The molecular weight excluding hydrogens is 258 g/mol. The fourth-order valence-corrected chi connectivity index (χ4v) is 1.91. The first kappa shape index (κ1) is 14.0. The van der Waals surface area contributed by atoms with Crippen LogP contribution < -0.4 is 4.74 Å². The molecule has 2 aromatic rings. The van der Waals surface area contributed by atoms with E-state index in [0.29, 0.717) is 17.3 Å². The van der Waals surface area contributed by atoms with Gasteiger partial charge in [-0.2, -0.15) is 0 Å². The number of carbonyl (C=O) groups excluding carboxylic acids is 1. The van der Waals surface area contributed by atoms with Crippen molar-refractivity contribution < 1.29 is 13.9 Å². The highest BCUT2D eigenvalue weighted by Gasteiger charge is 2.15. The van der Waals surface area contributed by atoms with Gasteiger partial charge in [0.1, 0.15) is 5.75 Å². The summed E-state index contributed by atoms with van der Waals surface area (Å²) in [4.78, 5) is 13.8. The normalized spacial score (nSPS) is 10.4. The van der Waals surface area contributed by atoms with Gasteiger partial charge >= 0.3 is 0 Å². The SMILES string of the molecule is COc1ccc(C(=O)N(C)Cc2nnc(C)o2)cc1C. The molecule has 2 rings (SSSR count). The van der Waals surface area contributed by atoms with E-state index in [1.165, 1.54) is 4.90 Å². The van der Waals surface area contributed by atoms with E-state index < -0.39 is 0 Å². The molecule has 20 heavy (non-hydrogen) atoms. The van der Waals surface area contributed by atoms with Gasteiger partial charge in [-0.05, 0) is 30.7 Å². The molecule has 1 amide bonds. The molecule has 6 nitrogen and oxygen atoms in total. The second-order valence-corrected chi connectivity index (χ2v) is 4.56. The van der Waals surface area contributed by atoms with Crippen molar-refractivity contribution in [3.05, 3.63) is 41.1 Å². The van der Waals surface area contributed by atoms with Crippen LogP contribution in [0.1, 0.15) is 27.7 Å². The fraction of sp³-hybridized carbons (Fsp3) is 0.357. The molecule has 1 aromatic carbocycles. The van der Waals surface area contributed by atoms with Gasteiger partial charge < -0.3 is 14.1 Å². The van der Waals surface area contributed by atoms with Crippen LogP contribution in [-0.4, -0.2) is 35.2 Å². The Morgan fingerprint density at radius 1 is 1.35 bits per heavy atom. The molecule has 1 aromatic heterocycles. The third-order valence-corrected chi connectivity index (χ3v) is 2.93. The maximum atomic E-state index is 12.3. The van der Waals surface area contributed by atoms with Crippen molar-refractivity contribution in [1.82, 2.24) is 15.1 Å². The van der Waals surface area contributed by atoms with E-state index in [-0.39, 0.29) is 12.5 Å². The first-order valence-corrected chi connectivity index (χ1v) is 6.20. The van der Waals surface area contributed by atoms with Crippen LogP contribution in [-0.2, 0) is 6.54 Å². The van der Waals surface area contributed by atoms with Gasteiger partial charge in [0.05, 0.1) is 13.7 Å². The molecule has 0 aliphatic carbocycles. The molecule has 0 radical (unpaired) electrons. The molecule has 0 aliphatic rings. The summed E-state index contributed by atoms with van der Waals surface area (Å²) in [5.74, 6) is 1.56. The molecular formula is C14H17N3O3. The van der Waals surface area contributed by atoms with Crippen molar-refractivity contribution >= 4 is 5.91 Å². The number of ether oxygens (including phenoxy) is 1. The van der Waals surface area contributed by atoms with Gasteiger partial charge in [0.2, 0.25) is 11.8 Å². The smallest absolute Gasteiger partial charge is 0.254 e. The number of methoxy groups -OCH3 is 1. The number of rotatable bonds is 4. The minimum absolute atomic E-state index is 0.105. The Morgan fingerprint density at radius 2 is 2.10 bits per heavy atom. The van der Waals surface area contributed by atoms with Gasteiger partial charge in [0, 0.05) is 19.5 Å². The first-order chi connectivity index (χ1) is 9.51. The largest absolute Gasteiger partial charge is 0.496 e. The van der Waals surface area contributed by atoms with E-state index in [2.05, 4.69) is 10.2 Å². The quantitative estimate of drug-likeness (QED) is 0.853. The lowest BCUT2D eigenvalue weighted by atomic mass is 10.1. The summed E-state index contributed by atoms with van der Waals surface area (Å²) in [6, 6.07) is 5.33. The molecule has 6 heteroatoms. The predicted octanol–water partition coefficient (Wildman–Crippen LogP) is 1.97. The van der Waals surface area contributed by atoms with Crippen LogP contribution in [0.2, 0.25) is 0 Å². The number of carbonyl (C=O) groups is 1. The summed E-state index contributed by atoms with van der Waals surface area (Å²) in [5.41, 5.74) is 1.52. The summed E-state index contributed by atoms with van der Waals surface area (Å²) in [6.45, 7) is 3.90. The van der Waals surface area contributed by atoms with Gasteiger partial charge in [0.15, 0.2) is 0 Å². The summed E-state index contributed by atoms with van der Waals surface area (Å²) in [6.07, 6.45) is 0. The lowest BCUT2D eigenvalue weighted by Gasteiger charge is -2.15. The summed E-state index contributed by atoms with van der Waals surface area (Å²) in [5, 5.41) is 7.61. The van der Waals surface area contributed by atoms with E-state index in [1.54, 1.807) is 39.3 Å². The molecule has 0 bridgehead atoms. The zero-order chi connectivity index (χ0) is 14.7. The molecule has 0 saturated carbocycles. The monoisotopic (exact) mass is 275 g/mol. The van der Waals surface area contributed by atoms with Crippen LogP contribution in [0.4, 0.5) is 0 Å². The van der Waals surface area contributed by atoms with Crippen LogP contribution in [0, 0.1) is 13.8 Å². The Morgan fingerprint density at radius 3 is 2.65 bits per heavy atom. The summed E-state index contributed by atoms with van der Waals surface area (Å²) < 4.78 is 10.4. The van der Waals surface area contributed by atoms with Crippen LogP contribution in [0.15, 0.2) is 22.6 Å². The number of aromatic nitrogens is 2. The minimum Gasteiger partial charge on any atom is -0.496 e. The lowest BCUT2D eigenvalue weighted by Crippen LogP contribution is -2.26. The van der Waals surface area contributed by atoms with Crippen molar-refractivity contribution in [2.75, 3.05) is 14.2 Å². The number of benzene rings is 1. The van der Waals surface area contributed by atoms with Crippen molar-refractivity contribution in [3.63, 3.8) is 0 Å². The van der Waals surface area contributed by atoms with Crippen molar-refractivity contribution in [1.29, 1.82) is 0 Å². The van der Waals surface area contributed by atoms with E-state index in [9.17, 15) is 4.79 Å². The minimum atomic E-state index is -0.105. The molecule has 0 atom stereocenters.